The van der Waals surface area contributed by atoms with Gasteiger partial charge in [0.15, 0.2) is 5.96 Å². The van der Waals surface area contributed by atoms with Crippen molar-refractivity contribution in [3.8, 4) is 0 Å². The van der Waals surface area contributed by atoms with E-state index in [-0.39, 0.29) is 29.5 Å². The molecule has 0 aromatic heterocycles. The van der Waals surface area contributed by atoms with E-state index in [4.69, 9.17) is 4.99 Å². The van der Waals surface area contributed by atoms with Crippen LogP contribution in [-0.2, 0) is 0 Å². The molecule has 3 aliphatic rings. The SMILES string of the molecule is CCNC(=NCC1(N2CCCCC2)CCN(C)CC1)N1CCC(c2ccccc2)C1.I. The van der Waals surface area contributed by atoms with Crippen molar-refractivity contribution in [3.63, 3.8) is 0 Å². The molecule has 1 N–H and O–H groups in total. The van der Waals surface area contributed by atoms with Crippen molar-refractivity contribution < 1.29 is 0 Å². The van der Waals surface area contributed by atoms with Crippen LogP contribution < -0.4 is 5.32 Å². The van der Waals surface area contributed by atoms with Crippen LogP contribution in [0.3, 0.4) is 0 Å². The molecule has 3 heterocycles. The van der Waals surface area contributed by atoms with Crippen LogP contribution in [0.5, 0.6) is 0 Å². The van der Waals surface area contributed by atoms with Gasteiger partial charge < -0.3 is 15.1 Å². The molecule has 3 saturated heterocycles. The van der Waals surface area contributed by atoms with E-state index in [0.29, 0.717) is 5.92 Å². The molecule has 1 aromatic rings. The number of hydrogen-bond acceptors (Lipinski definition) is 3. The maximum atomic E-state index is 5.29. The largest absolute Gasteiger partial charge is 0.357 e. The van der Waals surface area contributed by atoms with Gasteiger partial charge in [0, 0.05) is 31.1 Å². The minimum atomic E-state index is 0. The molecule has 5 nitrogen and oxygen atoms in total. The van der Waals surface area contributed by atoms with E-state index in [0.717, 1.165) is 32.1 Å². The zero-order valence-corrected chi connectivity index (χ0v) is 21.9. The quantitative estimate of drug-likeness (QED) is 0.349. The molecule has 0 aliphatic carbocycles. The van der Waals surface area contributed by atoms with Gasteiger partial charge >= 0.3 is 0 Å². The van der Waals surface area contributed by atoms with Crippen LogP contribution in [0.15, 0.2) is 35.3 Å². The zero-order valence-electron chi connectivity index (χ0n) is 19.6. The number of piperidine rings is 2. The fourth-order valence-electron chi connectivity index (χ4n) is 5.58. The van der Waals surface area contributed by atoms with E-state index in [2.05, 4.69) is 64.3 Å². The van der Waals surface area contributed by atoms with Gasteiger partial charge in [-0.15, -0.1) is 24.0 Å². The third-order valence-corrected chi connectivity index (χ3v) is 7.56. The summed E-state index contributed by atoms with van der Waals surface area (Å²) in [6.07, 6.45) is 7.82. The lowest BCUT2D eigenvalue weighted by Gasteiger charge is -2.49. The topological polar surface area (TPSA) is 34.1 Å². The maximum Gasteiger partial charge on any atom is 0.194 e. The number of nitrogens with one attached hydrogen (secondary N) is 1. The van der Waals surface area contributed by atoms with E-state index in [1.165, 1.54) is 70.3 Å². The van der Waals surface area contributed by atoms with E-state index in [9.17, 15) is 0 Å². The third kappa shape index (κ3) is 6.14. The molecule has 1 aromatic carbocycles. The number of halogens is 1. The van der Waals surface area contributed by atoms with Crippen molar-refractivity contribution in [2.75, 3.05) is 59.4 Å². The standard InChI is InChI=1S/C25H41N5.HI/c1-3-26-24(29-17-12-23(20-29)22-10-6-4-7-11-22)27-21-25(13-18-28(2)19-14-25)30-15-8-5-9-16-30;/h4,6-7,10-11,23H,3,5,8-9,12-21H2,1-2H3,(H,26,27);1H. The molecular weight excluding hydrogens is 497 g/mol. The zero-order chi connectivity index (χ0) is 20.8. The van der Waals surface area contributed by atoms with Crippen molar-refractivity contribution in [2.24, 2.45) is 4.99 Å². The van der Waals surface area contributed by atoms with Crippen LogP contribution in [0.25, 0.3) is 0 Å². The Morgan fingerprint density at radius 3 is 2.42 bits per heavy atom. The van der Waals surface area contributed by atoms with Gasteiger partial charge in [-0.05, 0) is 77.8 Å². The predicted octanol–water partition coefficient (Wildman–Crippen LogP) is 4.01. The summed E-state index contributed by atoms with van der Waals surface area (Å²) < 4.78 is 0. The Bertz CT molecular complexity index is 680. The average molecular weight is 540 g/mol. The van der Waals surface area contributed by atoms with Crippen molar-refractivity contribution in [1.29, 1.82) is 0 Å². The molecule has 0 amide bonds. The molecule has 174 valence electrons. The lowest BCUT2D eigenvalue weighted by molar-refractivity contribution is 0.0207. The highest BCUT2D eigenvalue weighted by Crippen LogP contribution is 2.32. The first-order valence-electron chi connectivity index (χ1n) is 12.2. The Morgan fingerprint density at radius 2 is 1.74 bits per heavy atom. The highest BCUT2D eigenvalue weighted by Gasteiger charge is 2.40. The monoisotopic (exact) mass is 539 g/mol. The van der Waals surface area contributed by atoms with Gasteiger partial charge in [-0.3, -0.25) is 9.89 Å². The summed E-state index contributed by atoms with van der Waals surface area (Å²) >= 11 is 0. The maximum absolute atomic E-state index is 5.29. The highest BCUT2D eigenvalue weighted by atomic mass is 127. The lowest BCUT2D eigenvalue weighted by Crippen LogP contribution is -2.58. The molecule has 0 saturated carbocycles. The van der Waals surface area contributed by atoms with E-state index in [1.54, 1.807) is 0 Å². The van der Waals surface area contributed by atoms with Crippen LogP contribution in [0, 0.1) is 0 Å². The Balaban J connectivity index is 0.00000272. The molecule has 1 atom stereocenters. The van der Waals surface area contributed by atoms with E-state index < -0.39 is 0 Å². The summed E-state index contributed by atoms with van der Waals surface area (Å²) in [4.78, 5) is 13.1. The van der Waals surface area contributed by atoms with Crippen LogP contribution in [-0.4, -0.2) is 85.6 Å². The Morgan fingerprint density at radius 1 is 1.03 bits per heavy atom. The molecule has 1 unspecified atom stereocenters. The number of aliphatic imine (C=N–C) groups is 1. The van der Waals surface area contributed by atoms with Gasteiger partial charge in [0.1, 0.15) is 0 Å². The Kier molecular flexibility index (Phi) is 9.47. The number of benzene rings is 1. The smallest absolute Gasteiger partial charge is 0.194 e. The summed E-state index contributed by atoms with van der Waals surface area (Å²) in [5.41, 5.74) is 1.72. The van der Waals surface area contributed by atoms with Crippen molar-refractivity contribution >= 4 is 29.9 Å². The lowest BCUT2D eigenvalue weighted by atomic mass is 9.84. The first-order valence-corrected chi connectivity index (χ1v) is 12.2. The number of likely N-dealkylation sites (tertiary alicyclic amines) is 3. The predicted molar refractivity (Wildman–Crippen MR) is 142 cm³/mol. The summed E-state index contributed by atoms with van der Waals surface area (Å²) in [6.45, 7) is 11.2. The Labute approximate surface area is 206 Å². The van der Waals surface area contributed by atoms with Crippen molar-refractivity contribution in [2.45, 2.75) is 56.9 Å². The third-order valence-electron chi connectivity index (χ3n) is 7.56. The minimum absolute atomic E-state index is 0. The summed E-state index contributed by atoms with van der Waals surface area (Å²) in [5, 5.41) is 3.61. The summed E-state index contributed by atoms with van der Waals surface area (Å²) in [7, 11) is 2.27. The molecule has 0 bridgehead atoms. The molecule has 0 spiro atoms. The van der Waals surface area contributed by atoms with Gasteiger partial charge in [-0.25, -0.2) is 0 Å². The Hall–Kier alpha value is -0.860. The number of guanidine groups is 1. The first-order chi connectivity index (χ1) is 14.7. The van der Waals surface area contributed by atoms with Crippen LogP contribution >= 0.6 is 24.0 Å². The van der Waals surface area contributed by atoms with Crippen molar-refractivity contribution in [1.82, 2.24) is 20.0 Å². The molecule has 3 fully saturated rings. The van der Waals surface area contributed by atoms with Crippen LogP contribution in [0.2, 0.25) is 0 Å². The fourth-order valence-corrected chi connectivity index (χ4v) is 5.58. The molecule has 31 heavy (non-hydrogen) atoms. The van der Waals surface area contributed by atoms with Gasteiger partial charge in [-0.1, -0.05) is 36.8 Å². The average Bonchev–Trinajstić information content (AvgIpc) is 3.29. The van der Waals surface area contributed by atoms with E-state index >= 15 is 0 Å². The number of nitrogens with zero attached hydrogens (tertiary/aromatic N) is 4. The van der Waals surface area contributed by atoms with Crippen LogP contribution in [0.1, 0.15) is 56.9 Å². The van der Waals surface area contributed by atoms with Gasteiger partial charge in [0.25, 0.3) is 0 Å². The number of rotatable bonds is 5. The van der Waals surface area contributed by atoms with Gasteiger partial charge in [0.2, 0.25) is 0 Å². The number of hydrogen-bond donors (Lipinski definition) is 1. The fraction of sp³-hybridized carbons (Fsp3) is 0.720. The van der Waals surface area contributed by atoms with E-state index in [1.807, 2.05) is 0 Å². The van der Waals surface area contributed by atoms with Gasteiger partial charge in [-0.2, -0.15) is 0 Å². The second-order valence-corrected chi connectivity index (χ2v) is 9.59. The normalized spacial score (nSPS) is 25.3. The first kappa shape index (κ1) is 24.8. The van der Waals surface area contributed by atoms with Crippen molar-refractivity contribution in [3.05, 3.63) is 35.9 Å². The van der Waals surface area contributed by atoms with Gasteiger partial charge in [0.05, 0.1) is 6.54 Å². The van der Waals surface area contributed by atoms with Crippen LogP contribution in [0.4, 0.5) is 0 Å². The molecule has 0 radical (unpaired) electrons. The molecule has 4 rings (SSSR count). The second kappa shape index (κ2) is 11.8. The molecule has 6 heteroatoms. The highest BCUT2D eigenvalue weighted by molar-refractivity contribution is 14.0. The molecular formula is C25H42IN5. The molecule has 3 aliphatic heterocycles. The summed E-state index contributed by atoms with van der Waals surface area (Å²) in [5.74, 6) is 1.75. The minimum Gasteiger partial charge on any atom is -0.357 e. The summed E-state index contributed by atoms with van der Waals surface area (Å²) in [6, 6.07) is 11.0. The second-order valence-electron chi connectivity index (χ2n) is 9.59.